The predicted molar refractivity (Wildman–Crippen MR) is 116 cm³/mol. The zero-order chi connectivity index (χ0) is 21.7. The normalized spacial score (nSPS) is 10.9. The van der Waals surface area contributed by atoms with Gasteiger partial charge in [-0.05, 0) is 55.0 Å². The van der Waals surface area contributed by atoms with Crippen molar-refractivity contribution in [3.05, 3.63) is 77.9 Å². The van der Waals surface area contributed by atoms with E-state index in [1.807, 2.05) is 19.1 Å². The number of amides is 1. The molecule has 0 heterocycles. The highest BCUT2D eigenvalue weighted by Gasteiger charge is 2.17. The number of nitrogens with one attached hydrogen (secondary N) is 2. The van der Waals surface area contributed by atoms with E-state index < -0.39 is 15.9 Å². The lowest BCUT2D eigenvalue weighted by Gasteiger charge is -2.12. The summed E-state index contributed by atoms with van der Waals surface area (Å²) in [5, 5.41) is 2.75. The number of aryl methyl sites for hydroxylation is 1. The van der Waals surface area contributed by atoms with Gasteiger partial charge in [0, 0.05) is 11.6 Å². The van der Waals surface area contributed by atoms with Crippen molar-refractivity contribution in [2.24, 2.45) is 0 Å². The molecule has 0 spiro atoms. The Balaban J connectivity index is 1.77. The number of sulfonamides is 1. The summed E-state index contributed by atoms with van der Waals surface area (Å²) in [6, 6.07) is 17.8. The van der Waals surface area contributed by atoms with E-state index >= 15 is 0 Å². The molecular weight excluding hydrogens is 404 g/mol. The Kier molecular flexibility index (Phi) is 6.27. The van der Waals surface area contributed by atoms with E-state index in [4.69, 9.17) is 9.47 Å². The van der Waals surface area contributed by atoms with Crippen LogP contribution in [0.4, 0.5) is 11.4 Å². The predicted octanol–water partition coefficient (Wildman–Crippen LogP) is 4.07. The first-order valence-corrected chi connectivity index (χ1v) is 10.5. The van der Waals surface area contributed by atoms with Gasteiger partial charge in [0.25, 0.3) is 15.9 Å². The van der Waals surface area contributed by atoms with Gasteiger partial charge in [-0.3, -0.25) is 9.52 Å². The van der Waals surface area contributed by atoms with Gasteiger partial charge < -0.3 is 14.8 Å². The minimum atomic E-state index is -3.77. The summed E-state index contributed by atoms with van der Waals surface area (Å²) >= 11 is 0. The fourth-order valence-electron chi connectivity index (χ4n) is 2.77. The molecule has 7 nitrogen and oxygen atoms in total. The van der Waals surface area contributed by atoms with Crippen molar-refractivity contribution in [1.29, 1.82) is 0 Å². The molecule has 0 saturated heterocycles. The SMILES string of the molecule is COc1ccc(NC(=O)c2ccc(S(=O)(=O)Nc3ccccc3C)cc2)c(OC)c1. The minimum Gasteiger partial charge on any atom is -0.497 e. The maximum absolute atomic E-state index is 12.6. The number of methoxy groups -OCH3 is 2. The van der Waals surface area contributed by atoms with E-state index in [1.54, 1.807) is 30.3 Å². The summed E-state index contributed by atoms with van der Waals surface area (Å²) in [6.07, 6.45) is 0. The average Bonchev–Trinajstić information content (AvgIpc) is 2.75. The number of anilines is 2. The molecule has 3 aromatic rings. The van der Waals surface area contributed by atoms with Crippen LogP contribution in [0.1, 0.15) is 15.9 Å². The van der Waals surface area contributed by atoms with Gasteiger partial charge in [-0.1, -0.05) is 18.2 Å². The van der Waals surface area contributed by atoms with Gasteiger partial charge >= 0.3 is 0 Å². The lowest BCUT2D eigenvalue weighted by molar-refractivity contribution is 0.102. The summed E-state index contributed by atoms with van der Waals surface area (Å²) in [4.78, 5) is 12.6. The molecule has 0 aromatic heterocycles. The minimum absolute atomic E-state index is 0.0596. The second-order valence-corrected chi connectivity index (χ2v) is 8.15. The van der Waals surface area contributed by atoms with Crippen LogP contribution in [0.15, 0.2) is 71.6 Å². The third kappa shape index (κ3) is 4.72. The first-order chi connectivity index (χ1) is 14.3. The van der Waals surface area contributed by atoms with E-state index in [2.05, 4.69) is 10.0 Å². The van der Waals surface area contributed by atoms with Crippen LogP contribution >= 0.6 is 0 Å². The molecule has 0 aliphatic rings. The van der Waals surface area contributed by atoms with Crippen LogP contribution in [0, 0.1) is 6.92 Å². The highest BCUT2D eigenvalue weighted by atomic mass is 32.2. The Morgan fingerprint density at radius 1 is 0.867 bits per heavy atom. The zero-order valence-corrected chi connectivity index (χ0v) is 17.6. The van der Waals surface area contributed by atoms with Crippen molar-refractivity contribution in [1.82, 2.24) is 0 Å². The van der Waals surface area contributed by atoms with E-state index in [9.17, 15) is 13.2 Å². The fraction of sp³-hybridized carbons (Fsp3) is 0.136. The molecule has 0 unspecified atom stereocenters. The average molecular weight is 426 g/mol. The van der Waals surface area contributed by atoms with Gasteiger partial charge in [0.15, 0.2) is 0 Å². The van der Waals surface area contributed by atoms with E-state index in [-0.39, 0.29) is 4.90 Å². The third-order valence-electron chi connectivity index (χ3n) is 4.47. The van der Waals surface area contributed by atoms with Crippen molar-refractivity contribution < 1.29 is 22.7 Å². The smallest absolute Gasteiger partial charge is 0.261 e. The molecule has 0 aliphatic carbocycles. The molecule has 3 rings (SSSR count). The first-order valence-electron chi connectivity index (χ1n) is 9.06. The lowest BCUT2D eigenvalue weighted by atomic mass is 10.2. The molecule has 3 aromatic carbocycles. The summed E-state index contributed by atoms with van der Waals surface area (Å²) in [6.45, 7) is 1.82. The van der Waals surface area contributed by atoms with Gasteiger partial charge in [-0.15, -0.1) is 0 Å². The van der Waals surface area contributed by atoms with Crippen LogP contribution in [0.2, 0.25) is 0 Å². The number of carbonyl (C=O) groups is 1. The monoisotopic (exact) mass is 426 g/mol. The molecule has 8 heteroatoms. The molecule has 0 bridgehead atoms. The summed E-state index contributed by atoms with van der Waals surface area (Å²) in [5.41, 5.74) is 2.10. The summed E-state index contributed by atoms with van der Waals surface area (Å²) in [7, 11) is -0.741. The Bertz CT molecular complexity index is 1160. The first kappa shape index (κ1) is 21.2. The topological polar surface area (TPSA) is 93.7 Å². The standard InChI is InChI=1S/C22H22N2O5S/c1-15-6-4-5-7-19(15)24-30(26,27)18-11-8-16(9-12-18)22(25)23-20-13-10-17(28-2)14-21(20)29-3/h4-14,24H,1-3H3,(H,23,25). The van der Waals surface area contributed by atoms with Gasteiger partial charge in [0.1, 0.15) is 11.5 Å². The van der Waals surface area contributed by atoms with Gasteiger partial charge in [-0.25, -0.2) is 8.42 Å². The number of carbonyl (C=O) groups excluding carboxylic acids is 1. The molecule has 0 aliphatic heterocycles. The Morgan fingerprint density at radius 2 is 1.57 bits per heavy atom. The zero-order valence-electron chi connectivity index (χ0n) is 16.8. The fourth-order valence-corrected chi connectivity index (χ4v) is 3.90. The Hall–Kier alpha value is -3.52. The number of para-hydroxylation sites is 1. The maximum Gasteiger partial charge on any atom is 0.261 e. The van der Waals surface area contributed by atoms with Crippen molar-refractivity contribution >= 4 is 27.3 Å². The molecule has 1 amide bonds. The van der Waals surface area contributed by atoms with Crippen LogP contribution < -0.4 is 19.5 Å². The molecule has 0 radical (unpaired) electrons. The largest absolute Gasteiger partial charge is 0.497 e. The number of ether oxygens (including phenoxy) is 2. The number of hydrogen-bond donors (Lipinski definition) is 2. The van der Waals surface area contributed by atoms with Crippen LogP contribution in [-0.4, -0.2) is 28.5 Å². The molecule has 2 N–H and O–H groups in total. The van der Waals surface area contributed by atoms with Crippen LogP contribution in [-0.2, 0) is 10.0 Å². The molecule has 156 valence electrons. The highest BCUT2D eigenvalue weighted by molar-refractivity contribution is 7.92. The van der Waals surface area contributed by atoms with Crippen LogP contribution in [0.3, 0.4) is 0 Å². The lowest BCUT2D eigenvalue weighted by Crippen LogP contribution is -2.15. The van der Waals surface area contributed by atoms with Gasteiger partial charge in [0.2, 0.25) is 0 Å². The summed E-state index contributed by atoms with van der Waals surface area (Å²) < 4.78 is 38.2. The highest BCUT2D eigenvalue weighted by Crippen LogP contribution is 2.29. The summed E-state index contributed by atoms with van der Waals surface area (Å²) in [5.74, 6) is 0.652. The quantitative estimate of drug-likeness (QED) is 0.594. The molecule has 0 saturated carbocycles. The number of benzene rings is 3. The molecular formula is C22H22N2O5S. The van der Waals surface area contributed by atoms with Crippen molar-refractivity contribution in [2.45, 2.75) is 11.8 Å². The van der Waals surface area contributed by atoms with Crippen molar-refractivity contribution in [2.75, 3.05) is 24.3 Å². The maximum atomic E-state index is 12.6. The van der Waals surface area contributed by atoms with Gasteiger partial charge in [0.05, 0.1) is 30.5 Å². The molecule has 30 heavy (non-hydrogen) atoms. The Morgan fingerprint density at radius 3 is 2.20 bits per heavy atom. The number of rotatable bonds is 7. The third-order valence-corrected chi connectivity index (χ3v) is 5.85. The Labute approximate surface area is 175 Å². The van der Waals surface area contributed by atoms with Crippen molar-refractivity contribution in [3.8, 4) is 11.5 Å². The van der Waals surface area contributed by atoms with E-state index in [0.717, 1.165) is 5.56 Å². The van der Waals surface area contributed by atoms with E-state index in [0.29, 0.717) is 28.4 Å². The van der Waals surface area contributed by atoms with Crippen LogP contribution in [0.25, 0.3) is 0 Å². The van der Waals surface area contributed by atoms with Gasteiger partial charge in [-0.2, -0.15) is 0 Å². The number of hydrogen-bond acceptors (Lipinski definition) is 5. The van der Waals surface area contributed by atoms with Crippen LogP contribution in [0.5, 0.6) is 11.5 Å². The second kappa shape index (κ2) is 8.87. The second-order valence-electron chi connectivity index (χ2n) is 6.47. The van der Waals surface area contributed by atoms with E-state index in [1.165, 1.54) is 38.5 Å². The van der Waals surface area contributed by atoms with Crippen molar-refractivity contribution in [3.63, 3.8) is 0 Å². The molecule has 0 atom stereocenters. The molecule has 0 fully saturated rings.